The Morgan fingerprint density at radius 2 is 2.11 bits per heavy atom. The smallest absolute Gasteiger partial charge is 0.297 e. The number of Topliss-reactive ketones (excluding diaryl/α,β-unsaturated/α-hetero) is 1. The molecule has 0 saturated heterocycles. The van der Waals surface area contributed by atoms with E-state index in [4.69, 9.17) is 4.74 Å². The summed E-state index contributed by atoms with van der Waals surface area (Å²) in [5, 5.41) is 11.1. The summed E-state index contributed by atoms with van der Waals surface area (Å²) >= 11 is 0. The highest BCUT2D eigenvalue weighted by Gasteiger charge is 2.50. The second kappa shape index (κ2) is 4.25. The molecule has 5 heteroatoms. The summed E-state index contributed by atoms with van der Waals surface area (Å²) in [5.74, 6) is 0.141. The van der Waals surface area contributed by atoms with E-state index in [0.717, 1.165) is 0 Å². The molecule has 94 valence electrons. The van der Waals surface area contributed by atoms with Gasteiger partial charge in [-0.1, -0.05) is 25.1 Å². The van der Waals surface area contributed by atoms with Gasteiger partial charge in [0.2, 0.25) is 0 Å². The molecule has 1 unspecified atom stereocenters. The lowest BCUT2D eigenvalue weighted by molar-refractivity contribution is -0.438. The third kappa shape index (κ3) is 1.68. The number of fused-ring (bicyclic) bond motifs is 1. The van der Waals surface area contributed by atoms with E-state index in [9.17, 15) is 14.9 Å². The fourth-order valence-electron chi connectivity index (χ4n) is 2.15. The van der Waals surface area contributed by atoms with Crippen LogP contribution >= 0.6 is 0 Å². The molecule has 0 aromatic heterocycles. The first-order valence-corrected chi connectivity index (χ1v) is 5.67. The van der Waals surface area contributed by atoms with Crippen LogP contribution in [0.15, 0.2) is 30.0 Å². The van der Waals surface area contributed by atoms with E-state index in [2.05, 4.69) is 0 Å². The van der Waals surface area contributed by atoms with Gasteiger partial charge < -0.3 is 4.74 Å². The number of carbonyl (C=O) groups is 1. The average Bonchev–Trinajstić information content (AvgIpc) is 2.36. The predicted octanol–water partition coefficient (Wildman–Crippen LogP) is 2.43. The Hall–Kier alpha value is -2.17. The summed E-state index contributed by atoms with van der Waals surface area (Å²) in [6.07, 6.45) is 1.65. The fraction of sp³-hybridized carbons (Fsp3) is 0.308. The zero-order chi connectivity index (χ0) is 13.3. The van der Waals surface area contributed by atoms with Crippen LogP contribution in [0.25, 0.3) is 6.08 Å². The molecular weight excluding hydrogens is 234 g/mol. The molecule has 0 fully saturated rings. The predicted molar refractivity (Wildman–Crippen MR) is 65.7 cm³/mol. The van der Waals surface area contributed by atoms with Gasteiger partial charge >= 0.3 is 0 Å². The van der Waals surface area contributed by atoms with Crippen LogP contribution in [0, 0.1) is 10.1 Å². The molecule has 0 spiro atoms. The first-order chi connectivity index (χ1) is 8.51. The summed E-state index contributed by atoms with van der Waals surface area (Å²) in [5.41, 5.74) is -1.05. The van der Waals surface area contributed by atoms with Crippen LogP contribution in [0.3, 0.4) is 0 Å². The van der Waals surface area contributed by atoms with Crippen molar-refractivity contribution in [3.8, 4) is 5.75 Å². The number of benzene rings is 1. The Balaban J connectivity index is 2.65. The van der Waals surface area contributed by atoms with Gasteiger partial charge in [-0.2, -0.15) is 0 Å². The third-order valence-electron chi connectivity index (χ3n) is 3.17. The number of nitrogens with zero attached hydrogens (tertiary/aromatic N) is 1. The van der Waals surface area contributed by atoms with Gasteiger partial charge in [-0.25, -0.2) is 0 Å². The Kier molecular flexibility index (Phi) is 2.90. The number of hydrogen-bond acceptors (Lipinski definition) is 4. The van der Waals surface area contributed by atoms with E-state index in [1.807, 2.05) is 0 Å². The second-order valence-electron chi connectivity index (χ2n) is 4.16. The molecule has 1 aromatic rings. The third-order valence-corrected chi connectivity index (χ3v) is 3.17. The molecule has 0 saturated carbocycles. The molecule has 2 rings (SSSR count). The minimum absolute atomic E-state index is 0.198. The van der Waals surface area contributed by atoms with E-state index in [1.165, 1.54) is 13.0 Å². The fourth-order valence-corrected chi connectivity index (χ4v) is 2.15. The average molecular weight is 247 g/mol. The molecule has 18 heavy (non-hydrogen) atoms. The standard InChI is InChI=1S/C13H13NO4/c1-3-13(9(2)15)12(14(16)17)8-10-6-4-5-7-11(10)18-13/h4-8H,3H2,1-2H3. The van der Waals surface area contributed by atoms with Crippen molar-refractivity contribution in [2.24, 2.45) is 0 Å². The highest BCUT2D eigenvalue weighted by molar-refractivity contribution is 5.91. The number of carbonyl (C=O) groups excluding carboxylic acids is 1. The summed E-state index contributed by atoms with van der Waals surface area (Å²) in [4.78, 5) is 22.4. The zero-order valence-electron chi connectivity index (χ0n) is 10.2. The van der Waals surface area contributed by atoms with Crippen molar-refractivity contribution < 1.29 is 14.5 Å². The molecule has 1 aromatic carbocycles. The van der Waals surface area contributed by atoms with Crippen molar-refractivity contribution in [3.63, 3.8) is 0 Å². The van der Waals surface area contributed by atoms with Gasteiger partial charge in [-0.05, 0) is 13.0 Å². The van der Waals surface area contributed by atoms with E-state index >= 15 is 0 Å². The van der Waals surface area contributed by atoms with Gasteiger partial charge in [0.15, 0.2) is 5.78 Å². The number of ketones is 1. The number of nitro groups is 1. The largest absolute Gasteiger partial charge is 0.467 e. The normalized spacial score (nSPS) is 21.6. The van der Waals surface area contributed by atoms with Gasteiger partial charge in [0.25, 0.3) is 11.3 Å². The minimum Gasteiger partial charge on any atom is -0.467 e. The Labute approximate surface area is 104 Å². The van der Waals surface area contributed by atoms with Gasteiger partial charge in [0, 0.05) is 18.1 Å². The van der Waals surface area contributed by atoms with Gasteiger partial charge in [-0.3, -0.25) is 14.9 Å². The zero-order valence-corrected chi connectivity index (χ0v) is 10.2. The lowest BCUT2D eigenvalue weighted by Gasteiger charge is -2.31. The van der Waals surface area contributed by atoms with E-state index in [0.29, 0.717) is 11.3 Å². The molecule has 0 bridgehead atoms. The van der Waals surface area contributed by atoms with Crippen molar-refractivity contribution in [2.45, 2.75) is 25.9 Å². The minimum atomic E-state index is -1.47. The van der Waals surface area contributed by atoms with Crippen LogP contribution in [0.4, 0.5) is 0 Å². The Morgan fingerprint density at radius 1 is 1.44 bits per heavy atom. The molecule has 1 atom stereocenters. The van der Waals surface area contributed by atoms with Crippen molar-refractivity contribution >= 4 is 11.9 Å². The Morgan fingerprint density at radius 3 is 2.67 bits per heavy atom. The second-order valence-corrected chi connectivity index (χ2v) is 4.16. The van der Waals surface area contributed by atoms with Crippen molar-refractivity contribution in [1.82, 2.24) is 0 Å². The maximum absolute atomic E-state index is 11.8. The molecule has 0 aliphatic carbocycles. The number of hydrogen-bond donors (Lipinski definition) is 0. The lowest BCUT2D eigenvalue weighted by atomic mass is 9.88. The molecule has 1 aliphatic heterocycles. The van der Waals surface area contributed by atoms with E-state index < -0.39 is 10.5 Å². The summed E-state index contributed by atoms with van der Waals surface area (Å²) in [6.45, 7) is 3.02. The highest BCUT2D eigenvalue weighted by Crippen LogP contribution is 2.38. The summed E-state index contributed by atoms with van der Waals surface area (Å²) in [6, 6.07) is 6.96. The quantitative estimate of drug-likeness (QED) is 0.607. The van der Waals surface area contributed by atoms with Crippen LogP contribution in [0.5, 0.6) is 5.75 Å². The number of para-hydroxylation sites is 1. The van der Waals surface area contributed by atoms with Gasteiger partial charge in [0.1, 0.15) is 5.75 Å². The number of rotatable bonds is 3. The van der Waals surface area contributed by atoms with Crippen LogP contribution < -0.4 is 4.74 Å². The monoisotopic (exact) mass is 247 g/mol. The van der Waals surface area contributed by atoms with Crippen molar-refractivity contribution in [1.29, 1.82) is 0 Å². The Bertz CT molecular complexity index is 550. The van der Waals surface area contributed by atoms with E-state index in [-0.39, 0.29) is 17.9 Å². The molecule has 5 nitrogen and oxygen atoms in total. The molecule has 1 aliphatic rings. The first kappa shape index (κ1) is 12.3. The molecule has 0 amide bonds. The highest BCUT2D eigenvalue weighted by atomic mass is 16.6. The lowest BCUT2D eigenvalue weighted by Crippen LogP contribution is -2.48. The van der Waals surface area contributed by atoms with Crippen LogP contribution in [0.1, 0.15) is 25.8 Å². The van der Waals surface area contributed by atoms with E-state index in [1.54, 1.807) is 31.2 Å². The van der Waals surface area contributed by atoms with Crippen molar-refractivity contribution in [3.05, 3.63) is 45.6 Å². The molecule has 1 heterocycles. The maximum atomic E-state index is 11.8. The number of ether oxygens (including phenoxy) is 1. The SMILES string of the molecule is CCC1(C(C)=O)Oc2ccccc2C=C1[N+](=O)[O-]. The van der Waals surface area contributed by atoms with Crippen molar-refractivity contribution in [2.75, 3.05) is 0 Å². The molecule has 0 N–H and O–H groups in total. The van der Waals surface area contributed by atoms with Crippen LogP contribution in [-0.4, -0.2) is 16.3 Å². The maximum Gasteiger partial charge on any atom is 0.297 e. The van der Waals surface area contributed by atoms with Crippen LogP contribution in [0.2, 0.25) is 0 Å². The summed E-state index contributed by atoms with van der Waals surface area (Å²) < 4.78 is 5.64. The molecular formula is C13H13NO4. The topological polar surface area (TPSA) is 69.4 Å². The molecule has 0 radical (unpaired) electrons. The van der Waals surface area contributed by atoms with Gasteiger partial charge in [-0.15, -0.1) is 0 Å². The summed E-state index contributed by atoms with van der Waals surface area (Å²) in [7, 11) is 0. The first-order valence-electron chi connectivity index (χ1n) is 5.67. The van der Waals surface area contributed by atoms with Gasteiger partial charge in [0.05, 0.1) is 4.92 Å². The van der Waals surface area contributed by atoms with Crippen LogP contribution in [-0.2, 0) is 4.79 Å².